The van der Waals surface area contributed by atoms with Gasteiger partial charge in [0.2, 0.25) is 5.91 Å². The quantitative estimate of drug-likeness (QED) is 0.874. The standard InChI is InChI=1S/C17H24N4O2S/c1-10(2)21-9-12(8-18-21)19-14(22)13-7-11(3)24-15(13)20-16(23)17(4,5)6/h7-10H,1-6H3,(H,19,22)(H,20,23). The fourth-order valence-electron chi connectivity index (χ4n) is 1.95. The average molecular weight is 348 g/mol. The Labute approximate surface area is 146 Å². The van der Waals surface area contributed by atoms with Crippen molar-refractivity contribution in [3.8, 4) is 0 Å². The Hall–Kier alpha value is -2.15. The molecule has 2 aromatic rings. The molecule has 0 spiro atoms. The Morgan fingerprint density at radius 2 is 1.92 bits per heavy atom. The number of thiophene rings is 1. The van der Waals surface area contributed by atoms with E-state index in [1.54, 1.807) is 23.1 Å². The van der Waals surface area contributed by atoms with Crippen LogP contribution in [-0.4, -0.2) is 21.6 Å². The highest BCUT2D eigenvalue weighted by molar-refractivity contribution is 7.16. The molecule has 0 saturated heterocycles. The van der Waals surface area contributed by atoms with E-state index in [1.807, 2.05) is 41.5 Å². The third-order valence-electron chi connectivity index (χ3n) is 3.40. The molecular weight excluding hydrogens is 324 g/mol. The molecule has 2 amide bonds. The van der Waals surface area contributed by atoms with E-state index >= 15 is 0 Å². The van der Waals surface area contributed by atoms with Gasteiger partial charge in [-0.3, -0.25) is 14.3 Å². The predicted molar refractivity (Wildman–Crippen MR) is 97.7 cm³/mol. The minimum Gasteiger partial charge on any atom is -0.319 e. The van der Waals surface area contributed by atoms with Crippen molar-refractivity contribution in [3.63, 3.8) is 0 Å². The molecule has 0 saturated carbocycles. The number of hydrogen-bond donors (Lipinski definition) is 2. The van der Waals surface area contributed by atoms with Gasteiger partial charge in [-0.1, -0.05) is 20.8 Å². The third kappa shape index (κ3) is 4.23. The molecule has 0 unspecified atom stereocenters. The number of carbonyl (C=O) groups is 2. The molecule has 0 fully saturated rings. The van der Waals surface area contributed by atoms with Gasteiger partial charge in [-0.05, 0) is 26.8 Å². The van der Waals surface area contributed by atoms with Crippen molar-refractivity contribution in [2.24, 2.45) is 5.41 Å². The van der Waals surface area contributed by atoms with Crippen LogP contribution in [0.5, 0.6) is 0 Å². The van der Waals surface area contributed by atoms with Crippen molar-refractivity contribution in [1.82, 2.24) is 9.78 Å². The summed E-state index contributed by atoms with van der Waals surface area (Å²) in [6, 6.07) is 2.01. The molecular formula is C17H24N4O2S. The number of anilines is 2. The smallest absolute Gasteiger partial charge is 0.258 e. The summed E-state index contributed by atoms with van der Waals surface area (Å²) in [4.78, 5) is 25.7. The molecule has 2 heterocycles. The summed E-state index contributed by atoms with van der Waals surface area (Å²) in [7, 11) is 0. The van der Waals surface area contributed by atoms with E-state index in [0.717, 1.165) is 4.88 Å². The Kier molecular flexibility index (Phi) is 5.13. The van der Waals surface area contributed by atoms with Crippen molar-refractivity contribution in [2.75, 3.05) is 10.6 Å². The summed E-state index contributed by atoms with van der Waals surface area (Å²) in [6.07, 6.45) is 3.40. The highest BCUT2D eigenvalue weighted by Crippen LogP contribution is 2.30. The lowest BCUT2D eigenvalue weighted by Crippen LogP contribution is -2.28. The Balaban J connectivity index is 2.18. The van der Waals surface area contributed by atoms with Crippen molar-refractivity contribution < 1.29 is 9.59 Å². The van der Waals surface area contributed by atoms with E-state index < -0.39 is 5.41 Å². The first-order chi connectivity index (χ1) is 11.1. The zero-order valence-corrected chi connectivity index (χ0v) is 15.7. The van der Waals surface area contributed by atoms with Crippen LogP contribution in [0.4, 0.5) is 10.7 Å². The fraction of sp³-hybridized carbons (Fsp3) is 0.471. The van der Waals surface area contributed by atoms with Gasteiger partial charge in [0, 0.05) is 22.5 Å². The van der Waals surface area contributed by atoms with Gasteiger partial charge >= 0.3 is 0 Å². The van der Waals surface area contributed by atoms with Crippen LogP contribution in [0.2, 0.25) is 0 Å². The summed E-state index contributed by atoms with van der Waals surface area (Å²) < 4.78 is 1.77. The second-order valence-corrected chi connectivity index (χ2v) is 8.32. The molecule has 2 aromatic heterocycles. The largest absolute Gasteiger partial charge is 0.319 e. The van der Waals surface area contributed by atoms with Crippen LogP contribution in [0.1, 0.15) is 55.9 Å². The average Bonchev–Trinajstić information content (AvgIpc) is 3.04. The van der Waals surface area contributed by atoms with Gasteiger partial charge in [0.25, 0.3) is 5.91 Å². The topological polar surface area (TPSA) is 76.0 Å². The molecule has 0 radical (unpaired) electrons. The Morgan fingerprint density at radius 3 is 2.46 bits per heavy atom. The van der Waals surface area contributed by atoms with Crippen LogP contribution < -0.4 is 10.6 Å². The molecule has 0 bridgehead atoms. The van der Waals surface area contributed by atoms with E-state index in [0.29, 0.717) is 16.3 Å². The SMILES string of the molecule is Cc1cc(C(=O)Nc2cnn(C(C)C)c2)c(NC(=O)C(C)(C)C)s1. The summed E-state index contributed by atoms with van der Waals surface area (Å²) in [5.41, 5.74) is 0.572. The molecule has 0 aromatic carbocycles. The second kappa shape index (κ2) is 6.76. The highest BCUT2D eigenvalue weighted by Gasteiger charge is 2.24. The highest BCUT2D eigenvalue weighted by atomic mass is 32.1. The molecule has 2 N–H and O–H groups in total. The fourth-order valence-corrected chi connectivity index (χ4v) is 2.85. The first kappa shape index (κ1) is 18.2. The molecule has 0 atom stereocenters. The Bertz CT molecular complexity index is 753. The van der Waals surface area contributed by atoms with Crippen LogP contribution in [-0.2, 0) is 4.79 Å². The van der Waals surface area contributed by atoms with E-state index in [4.69, 9.17) is 0 Å². The molecule has 2 rings (SSSR count). The van der Waals surface area contributed by atoms with Gasteiger partial charge in [0.1, 0.15) is 5.00 Å². The maximum atomic E-state index is 12.6. The first-order valence-electron chi connectivity index (χ1n) is 7.85. The van der Waals surface area contributed by atoms with Crippen LogP contribution in [0.3, 0.4) is 0 Å². The minimum atomic E-state index is -0.524. The number of amides is 2. The van der Waals surface area contributed by atoms with Gasteiger partial charge in [0.15, 0.2) is 0 Å². The third-order valence-corrected chi connectivity index (χ3v) is 4.36. The summed E-state index contributed by atoms with van der Waals surface area (Å²) >= 11 is 1.39. The van der Waals surface area contributed by atoms with Crippen molar-refractivity contribution >= 4 is 33.8 Å². The molecule has 7 heteroatoms. The van der Waals surface area contributed by atoms with Crippen LogP contribution in [0.25, 0.3) is 0 Å². The number of aromatic nitrogens is 2. The van der Waals surface area contributed by atoms with Crippen molar-refractivity contribution in [2.45, 2.75) is 47.6 Å². The number of aryl methyl sites for hydroxylation is 1. The predicted octanol–water partition coefficient (Wildman–Crippen LogP) is 4.07. The molecule has 130 valence electrons. The number of nitrogens with zero attached hydrogens (tertiary/aromatic N) is 2. The van der Waals surface area contributed by atoms with Crippen LogP contribution >= 0.6 is 11.3 Å². The van der Waals surface area contributed by atoms with Crippen LogP contribution in [0, 0.1) is 12.3 Å². The van der Waals surface area contributed by atoms with E-state index in [1.165, 1.54) is 11.3 Å². The lowest BCUT2D eigenvalue weighted by Gasteiger charge is -2.17. The summed E-state index contributed by atoms with van der Waals surface area (Å²) in [5.74, 6) is -0.377. The summed E-state index contributed by atoms with van der Waals surface area (Å²) in [5, 5.41) is 10.5. The molecule has 0 aliphatic rings. The van der Waals surface area contributed by atoms with Gasteiger partial charge < -0.3 is 10.6 Å². The minimum absolute atomic E-state index is 0.119. The number of hydrogen-bond acceptors (Lipinski definition) is 4. The molecule has 24 heavy (non-hydrogen) atoms. The zero-order chi connectivity index (χ0) is 18.1. The second-order valence-electron chi connectivity index (χ2n) is 7.06. The van der Waals surface area contributed by atoms with Crippen molar-refractivity contribution in [1.29, 1.82) is 0 Å². The van der Waals surface area contributed by atoms with Crippen molar-refractivity contribution in [3.05, 3.63) is 28.9 Å². The molecule has 6 nitrogen and oxygen atoms in total. The summed E-state index contributed by atoms with van der Waals surface area (Å²) in [6.45, 7) is 11.4. The van der Waals surface area contributed by atoms with Crippen LogP contribution in [0.15, 0.2) is 18.5 Å². The lowest BCUT2D eigenvalue weighted by atomic mass is 9.96. The molecule has 0 aliphatic heterocycles. The number of nitrogens with one attached hydrogen (secondary N) is 2. The van der Waals surface area contributed by atoms with Gasteiger partial charge in [-0.15, -0.1) is 11.3 Å². The van der Waals surface area contributed by atoms with E-state index in [9.17, 15) is 9.59 Å². The maximum Gasteiger partial charge on any atom is 0.258 e. The van der Waals surface area contributed by atoms with Gasteiger partial charge in [-0.2, -0.15) is 5.10 Å². The van der Waals surface area contributed by atoms with E-state index in [2.05, 4.69) is 15.7 Å². The lowest BCUT2D eigenvalue weighted by molar-refractivity contribution is -0.123. The molecule has 0 aliphatic carbocycles. The zero-order valence-electron chi connectivity index (χ0n) is 14.9. The first-order valence-corrected chi connectivity index (χ1v) is 8.67. The normalized spacial score (nSPS) is 11.6. The monoisotopic (exact) mass is 348 g/mol. The number of carbonyl (C=O) groups excluding carboxylic acids is 2. The maximum absolute atomic E-state index is 12.6. The van der Waals surface area contributed by atoms with Gasteiger partial charge in [-0.25, -0.2) is 0 Å². The van der Waals surface area contributed by atoms with Gasteiger partial charge in [0.05, 0.1) is 17.4 Å². The van der Waals surface area contributed by atoms with E-state index in [-0.39, 0.29) is 17.9 Å². The number of rotatable bonds is 4. The Morgan fingerprint density at radius 1 is 1.25 bits per heavy atom.